The highest BCUT2D eigenvalue weighted by molar-refractivity contribution is 6.00. The Morgan fingerprint density at radius 2 is 2.11 bits per heavy atom. The molecule has 4 aliphatic carbocycles. The SMILES string of the molecule is CCCC=C1OC(=O)C2=CC3CCC12C1(OC(=O)C2=C1CCC=C2)C3C(C)C. The van der Waals surface area contributed by atoms with E-state index in [-0.39, 0.29) is 23.8 Å². The van der Waals surface area contributed by atoms with Gasteiger partial charge in [-0.3, -0.25) is 0 Å². The maximum atomic E-state index is 13.0. The highest BCUT2D eigenvalue weighted by Crippen LogP contribution is 2.71. The predicted octanol–water partition coefficient (Wildman–Crippen LogP) is 4.78. The van der Waals surface area contributed by atoms with Crippen LogP contribution in [0.2, 0.25) is 0 Å². The molecule has 2 aliphatic heterocycles. The fourth-order valence-electron chi connectivity index (χ4n) is 6.71. The Morgan fingerprint density at radius 1 is 1.29 bits per heavy atom. The molecule has 2 fully saturated rings. The number of hydrogen-bond acceptors (Lipinski definition) is 4. The molecule has 2 spiro atoms. The molecule has 6 aliphatic rings. The number of allylic oxidation sites excluding steroid dienone is 3. The third kappa shape index (κ3) is 1.92. The molecule has 2 heterocycles. The standard InChI is InChI=1S/C24H28O4/c1-4-5-10-19-23-12-11-15(13-18(23)22(26)27-19)20(14(2)3)24(23)17-9-7-6-8-16(17)21(25)28-24/h6,8,10,13-15,20H,4-5,7,9,11-12H2,1-3H3. The first-order valence-electron chi connectivity index (χ1n) is 10.8. The van der Waals surface area contributed by atoms with Gasteiger partial charge in [-0.15, -0.1) is 0 Å². The summed E-state index contributed by atoms with van der Waals surface area (Å²) in [5, 5.41) is 0. The normalized spacial score (nSPS) is 39.6. The number of fused-ring (bicyclic) bond motifs is 1. The van der Waals surface area contributed by atoms with Crippen molar-refractivity contribution in [2.45, 2.75) is 64.9 Å². The third-order valence-corrected chi connectivity index (χ3v) is 7.53. The molecule has 4 nitrogen and oxygen atoms in total. The second-order valence-corrected chi connectivity index (χ2v) is 9.16. The summed E-state index contributed by atoms with van der Waals surface area (Å²) in [6.07, 6.45) is 13.6. The summed E-state index contributed by atoms with van der Waals surface area (Å²) in [7, 11) is 0. The van der Waals surface area contributed by atoms with Gasteiger partial charge in [0.05, 0.1) is 11.1 Å². The molecule has 148 valence electrons. The zero-order valence-electron chi connectivity index (χ0n) is 16.9. The fourth-order valence-corrected chi connectivity index (χ4v) is 6.71. The van der Waals surface area contributed by atoms with Crippen molar-refractivity contribution in [1.29, 1.82) is 0 Å². The Labute approximate surface area is 166 Å². The van der Waals surface area contributed by atoms with Gasteiger partial charge in [0, 0.05) is 5.92 Å². The van der Waals surface area contributed by atoms with E-state index in [1.54, 1.807) is 0 Å². The summed E-state index contributed by atoms with van der Waals surface area (Å²) in [5.41, 5.74) is 1.12. The van der Waals surface area contributed by atoms with Gasteiger partial charge in [0.1, 0.15) is 11.2 Å². The average Bonchev–Trinajstić information content (AvgIpc) is 3.14. The zero-order chi connectivity index (χ0) is 19.7. The maximum absolute atomic E-state index is 13.0. The van der Waals surface area contributed by atoms with Crippen LogP contribution in [0, 0.1) is 23.2 Å². The lowest BCUT2D eigenvalue weighted by molar-refractivity contribution is -0.180. The molecule has 6 rings (SSSR count). The summed E-state index contributed by atoms with van der Waals surface area (Å²) < 4.78 is 12.3. The van der Waals surface area contributed by atoms with Crippen molar-refractivity contribution < 1.29 is 19.1 Å². The minimum atomic E-state index is -0.781. The number of hydrogen-bond donors (Lipinski definition) is 0. The molecular weight excluding hydrogens is 352 g/mol. The molecule has 2 bridgehead atoms. The summed E-state index contributed by atoms with van der Waals surface area (Å²) in [6, 6.07) is 0. The molecule has 1 saturated heterocycles. The van der Waals surface area contributed by atoms with Gasteiger partial charge in [0.2, 0.25) is 0 Å². The van der Waals surface area contributed by atoms with Crippen LogP contribution in [0.4, 0.5) is 0 Å². The van der Waals surface area contributed by atoms with Crippen LogP contribution < -0.4 is 0 Å². The van der Waals surface area contributed by atoms with E-state index in [1.165, 1.54) is 0 Å². The number of ether oxygens (including phenoxy) is 2. The Kier molecular flexibility index (Phi) is 3.82. The Bertz CT molecular complexity index is 886. The molecule has 0 radical (unpaired) electrons. The summed E-state index contributed by atoms with van der Waals surface area (Å²) >= 11 is 0. The van der Waals surface area contributed by atoms with Gasteiger partial charge in [-0.05, 0) is 55.6 Å². The lowest BCUT2D eigenvalue weighted by Crippen LogP contribution is -2.64. The van der Waals surface area contributed by atoms with Gasteiger partial charge in [0.25, 0.3) is 0 Å². The second-order valence-electron chi connectivity index (χ2n) is 9.16. The van der Waals surface area contributed by atoms with Crippen molar-refractivity contribution in [3.8, 4) is 0 Å². The molecule has 1 saturated carbocycles. The first-order chi connectivity index (χ1) is 13.5. The number of esters is 2. The van der Waals surface area contributed by atoms with E-state index in [4.69, 9.17) is 9.47 Å². The highest BCUT2D eigenvalue weighted by Gasteiger charge is 2.76. The van der Waals surface area contributed by atoms with Crippen LogP contribution >= 0.6 is 0 Å². The minimum Gasteiger partial charge on any atom is -0.449 e. The smallest absolute Gasteiger partial charge is 0.340 e. The van der Waals surface area contributed by atoms with Crippen molar-refractivity contribution in [3.05, 3.63) is 46.8 Å². The van der Waals surface area contributed by atoms with Crippen LogP contribution in [0.15, 0.2) is 46.8 Å². The number of rotatable bonds is 3. The van der Waals surface area contributed by atoms with E-state index >= 15 is 0 Å². The van der Waals surface area contributed by atoms with Crippen molar-refractivity contribution in [1.82, 2.24) is 0 Å². The minimum absolute atomic E-state index is 0.160. The van der Waals surface area contributed by atoms with Gasteiger partial charge in [0.15, 0.2) is 5.60 Å². The lowest BCUT2D eigenvalue weighted by Gasteiger charge is -2.60. The number of carbonyl (C=O) groups excluding carboxylic acids is 2. The quantitative estimate of drug-likeness (QED) is 0.661. The summed E-state index contributed by atoms with van der Waals surface area (Å²) in [4.78, 5) is 25.9. The molecule has 28 heavy (non-hydrogen) atoms. The lowest BCUT2D eigenvalue weighted by atomic mass is 9.44. The largest absolute Gasteiger partial charge is 0.449 e. The maximum Gasteiger partial charge on any atom is 0.340 e. The van der Waals surface area contributed by atoms with Crippen molar-refractivity contribution >= 4 is 11.9 Å². The summed E-state index contributed by atoms with van der Waals surface area (Å²) in [5.74, 6) is 0.976. The van der Waals surface area contributed by atoms with Crippen LogP contribution in [-0.4, -0.2) is 17.5 Å². The van der Waals surface area contributed by atoms with E-state index in [0.29, 0.717) is 11.5 Å². The van der Waals surface area contributed by atoms with E-state index < -0.39 is 11.0 Å². The van der Waals surface area contributed by atoms with Gasteiger partial charge < -0.3 is 9.47 Å². The predicted molar refractivity (Wildman–Crippen MR) is 105 cm³/mol. The molecule has 4 unspecified atom stereocenters. The van der Waals surface area contributed by atoms with Crippen LogP contribution in [-0.2, 0) is 19.1 Å². The van der Waals surface area contributed by atoms with Crippen molar-refractivity contribution in [2.24, 2.45) is 23.2 Å². The molecule has 4 heteroatoms. The first-order valence-corrected chi connectivity index (χ1v) is 10.8. The number of unbranched alkanes of at least 4 members (excludes halogenated alkanes) is 1. The van der Waals surface area contributed by atoms with E-state index in [1.807, 2.05) is 6.08 Å². The average molecular weight is 380 g/mol. The molecule has 0 aromatic heterocycles. The fraction of sp³-hybridized carbons (Fsp3) is 0.583. The zero-order valence-corrected chi connectivity index (χ0v) is 16.9. The van der Waals surface area contributed by atoms with Crippen molar-refractivity contribution in [2.75, 3.05) is 0 Å². The Hall–Kier alpha value is -2.10. The number of cyclic esters (lactones) is 1. The molecule has 0 amide bonds. The van der Waals surface area contributed by atoms with Crippen molar-refractivity contribution in [3.63, 3.8) is 0 Å². The van der Waals surface area contributed by atoms with Crippen LogP contribution in [0.5, 0.6) is 0 Å². The molecule has 4 atom stereocenters. The second kappa shape index (κ2) is 5.95. The van der Waals surface area contributed by atoms with Gasteiger partial charge in [-0.25, -0.2) is 9.59 Å². The Morgan fingerprint density at radius 3 is 2.86 bits per heavy atom. The molecular formula is C24H28O4. The topological polar surface area (TPSA) is 52.6 Å². The number of carbonyl (C=O) groups is 2. The van der Waals surface area contributed by atoms with Crippen LogP contribution in [0.1, 0.15) is 59.3 Å². The van der Waals surface area contributed by atoms with Gasteiger partial charge in [-0.1, -0.05) is 45.4 Å². The van der Waals surface area contributed by atoms with E-state index in [0.717, 1.165) is 55.4 Å². The molecule has 0 N–H and O–H groups in total. The van der Waals surface area contributed by atoms with Gasteiger partial charge in [-0.2, -0.15) is 0 Å². The highest BCUT2D eigenvalue weighted by atomic mass is 16.6. The first kappa shape index (κ1) is 18.0. The molecule has 0 aromatic carbocycles. The molecule has 0 aromatic rings. The third-order valence-electron chi connectivity index (χ3n) is 7.53. The monoisotopic (exact) mass is 380 g/mol. The van der Waals surface area contributed by atoms with E-state index in [2.05, 4.69) is 39.0 Å². The summed E-state index contributed by atoms with van der Waals surface area (Å²) in [6.45, 7) is 6.56. The van der Waals surface area contributed by atoms with E-state index in [9.17, 15) is 9.59 Å². The Balaban J connectivity index is 1.83. The van der Waals surface area contributed by atoms with Gasteiger partial charge >= 0.3 is 11.9 Å². The van der Waals surface area contributed by atoms with Crippen LogP contribution in [0.25, 0.3) is 0 Å². The van der Waals surface area contributed by atoms with Crippen LogP contribution in [0.3, 0.4) is 0 Å².